The summed E-state index contributed by atoms with van der Waals surface area (Å²) in [5.41, 5.74) is 7.13. The number of aryl methyl sites for hydroxylation is 2. The summed E-state index contributed by atoms with van der Waals surface area (Å²) in [6.07, 6.45) is 4.70. The number of aromatic nitrogens is 5. The van der Waals surface area contributed by atoms with Crippen LogP contribution >= 0.6 is 0 Å². The van der Waals surface area contributed by atoms with Crippen LogP contribution in [0.3, 0.4) is 0 Å². The average Bonchev–Trinajstić information content (AvgIpc) is 3.15. The molecule has 1 aliphatic heterocycles. The lowest BCUT2D eigenvalue weighted by molar-refractivity contribution is -0.121. The number of nitrogen functional groups attached to an aromatic ring is 1. The first-order valence-corrected chi connectivity index (χ1v) is 10.9. The van der Waals surface area contributed by atoms with Gasteiger partial charge in [0.25, 0.3) is 0 Å². The molecule has 0 saturated heterocycles. The van der Waals surface area contributed by atoms with Crippen LogP contribution in [-0.4, -0.2) is 36.6 Å². The van der Waals surface area contributed by atoms with Gasteiger partial charge in [-0.15, -0.1) is 0 Å². The number of hydrogen-bond acceptors (Lipinski definition) is 6. The Morgan fingerprint density at radius 1 is 1.21 bits per heavy atom. The Morgan fingerprint density at radius 2 is 2.00 bits per heavy atom. The molecule has 0 saturated carbocycles. The summed E-state index contributed by atoms with van der Waals surface area (Å²) in [5.74, 6) is 0.238. The number of nitrogens with one attached hydrogen (secondary N) is 1. The molecule has 1 aromatic carbocycles. The Labute approximate surface area is 189 Å². The van der Waals surface area contributed by atoms with E-state index in [0.29, 0.717) is 37.3 Å². The topological polar surface area (TPSA) is 137 Å². The fraction of sp³-hybridized carbons (Fsp3) is 0.409. The number of amides is 1. The standard InChI is InChI=1S/C22H25FN8O2/c23-15-7-9-16(10-8-15)31-21(25)17(13-24)18(27-31)5-4-11-26-20(32)14-30-22(33)29-12-3-1-2-6-19(29)28-30/h7-10H,1-6,11-12,14,25H2,(H,26,32). The quantitative estimate of drug-likeness (QED) is 0.519. The van der Waals surface area contributed by atoms with Gasteiger partial charge < -0.3 is 11.1 Å². The van der Waals surface area contributed by atoms with Crippen LogP contribution in [0.15, 0.2) is 29.1 Å². The second kappa shape index (κ2) is 9.68. The molecule has 1 amide bonds. The van der Waals surface area contributed by atoms with Crippen LogP contribution in [0.2, 0.25) is 0 Å². The Kier molecular flexibility index (Phi) is 6.53. The van der Waals surface area contributed by atoms with E-state index in [-0.39, 0.29) is 35.3 Å². The zero-order valence-corrected chi connectivity index (χ0v) is 18.1. The van der Waals surface area contributed by atoms with Crippen molar-refractivity contribution in [1.82, 2.24) is 29.4 Å². The van der Waals surface area contributed by atoms with Crippen LogP contribution in [0.5, 0.6) is 0 Å². The van der Waals surface area contributed by atoms with Gasteiger partial charge in [-0.2, -0.15) is 15.5 Å². The number of nitrogens with two attached hydrogens (primary N) is 1. The normalized spacial score (nSPS) is 13.2. The van der Waals surface area contributed by atoms with Crippen molar-refractivity contribution in [3.63, 3.8) is 0 Å². The third kappa shape index (κ3) is 4.79. The van der Waals surface area contributed by atoms with Crippen molar-refractivity contribution in [3.8, 4) is 11.8 Å². The number of anilines is 1. The summed E-state index contributed by atoms with van der Waals surface area (Å²) in [6.45, 7) is 0.856. The van der Waals surface area contributed by atoms with Crippen molar-refractivity contribution in [2.75, 3.05) is 12.3 Å². The Bertz CT molecular complexity index is 1250. The van der Waals surface area contributed by atoms with Gasteiger partial charge in [0.1, 0.15) is 35.6 Å². The van der Waals surface area contributed by atoms with Crippen LogP contribution in [0.4, 0.5) is 10.2 Å². The van der Waals surface area contributed by atoms with Crippen LogP contribution in [0.25, 0.3) is 5.69 Å². The first-order chi connectivity index (χ1) is 16.0. The molecule has 0 radical (unpaired) electrons. The lowest BCUT2D eigenvalue weighted by atomic mass is 10.1. The summed E-state index contributed by atoms with van der Waals surface area (Å²) >= 11 is 0. The predicted molar refractivity (Wildman–Crippen MR) is 118 cm³/mol. The lowest BCUT2D eigenvalue weighted by Gasteiger charge is -2.04. The summed E-state index contributed by atoms with van der Waals surface area (Å²) in [5, 5.41) is 21.0. The van der Waals surface area contributed by atoms with Gasteiger partial charge in [0.2, 0.25) is 5.91 Å². The minimum atomic E-state index is -0.380. The smallest absolute Gasteiger partial charge is 0.346 e. The third-order valence-corrected chi connectivity index (χ3v) is 5.66. The van der Waals surface area contributed by atoms with Crippen LogP contribution in [0.1, 0.15) is 42.8 Å². The Hall–Kier alpha value is -3.94. The molecule has 172 valence electrons. The van der Waals surface area contributed by atoms with Crippen LogP contribution < -0.4 is 16.7 Å². The number of nitriles is 1. The largest absolute Gasteiger partial charge is 0.382 e. The summed E-state index contributed by atoms with van der Waals surface area (Å²) in [7, 11) is 0. The second-order valence-electron chi connectivity index (χ2n) is 7.98. The fourth-order valence-electron chi connectivity index (χ4n) is 3.96. The number of hydrogen-bond donors (Lipinski definition) is 2. The summed E-state index contributed by atoms with van der Waals surface area (Å²) < 4.78 is 17.5. The number of rotatable bonds is 7. The molecule has 3 aromatic rings. The van der Waals surface area contributed by atoms with Gasteiger partial charge in [-0.1, -0.05) is 6.42 Å². The molecular formula is C22H25FN8O2. The first-order valence-electron chi connectivity index (χ1n) is 10.9. The fourth-order valence-corrected chi connectivity index (χ4v) is 3.96. The summed E-state index contributed by atoms with van der Waals surface area (Å²) in [4.78, 5) is 24.8. The minimum absolute atomic E-state index is 0.131. The van der Waals surface area contributed by atoms with E-state index in [9.17, 15) is 19.2 Å². The van der Waals surface area contributed by atoms with E-state index in [2.05, 4.69) is 21.6 Å². The maximum absolute atomic E-state index is 13.2. The van der Waals surface area contributed by atoms with Gasteiger partial charge in [0, 0.05) is 19.5 Å². The van der Waals surface area contributed by atoms with Gasteiger partial charge in [-0.05, 0) is 49.9 Å². The molecular weight excluding hydrogens is 427 g/mol. The van der Waals surface area contributed by atoms with E-state index in [0.717, 1.165) is 31.5 Å². The zero-order chi connectivity index (χ0) is 23.4. The number of halogens is 1. The molecule has 0 atom stereocenters. The number of benzene rings is 1. The maximum atomic E-state index is 13.2. The molecule has 0 spiro atoms. The number of carbonyl (C=O) groups excluding carboxylic acids is 1. The molecule has 0 fully saturated rings. The molecule has 4 rings (SSSR count). The van der Waals surface area contributed by atoms with Gasteiger partial charge in [0.15, 0.2) is 0 Å². The van der Waals surface area contributed by atoms with Crippen molar-refractivity contribution in [2.45, 2.75) is 51.6 Å². The third-order valence-electron chi connectivity index (χ3n) is 5.66. The van der Waals surface area contributed by atoms with Crippen LogP contribution in [-0.2, 0) is 30.7 Å². The second-order valence-corrected chi connectivity index (χ2v) is 7.98. The van der Waals surface area contributed by atoms with E-state index in [1.165, 1.54) is 33.6 Å². The molecule has 33 heavy (non-hydrogen) atoms. The van der Waals surface area contributed by atoms with Crippen molar-refractivity contribution in [1.29, 1.82) is 5.26 Å². The van der Waals surface area contributed by atoms with E-state index >= 15 is 0 Å². The van der Waals surface area contributed by atoms with Gasteiger partial charge >= 0.3 is 5.69 Å². The van der Waals surface area contributed by atoms with Crippen LogP contribution in [0, 0.1) is 17.1 Å². The summed E-state index contributed by atoms with van der Waals surface area (Å²) in [6, 6.07) is 7.71. The average molecular weight is 452 g/mol. The predicted octanol–water partition coefficient (Wildman–Crippen LogP) is 1.30. The highest BCUT2D eigenvalue weighted by Gasteiger charge is 2.18. The molecule has 3 heterocycles. The number of nitrogens with zero attached hydrogens (tertiary/aromatic N) is 6. The molecule has 10 nitrogen and oxygen atoms in total. The van der Waals surface area contributed by atoms with Gasteiger partial charge in [-0.25, -0.2) is 18.5 Å². The molecule has 1 aliphatic rings. The number of carbonyl (C=O) groups is 1. The van der Waals surface area contributed by atoms with Crippen molar-refractivity contribution >= 4 is 11.7 Å². The minimum Gasteiger partial charge on any atom is -0.382 e. The highest BCUT2D eigenvalue weighted by Crippen LogP contribution is 2.21. The highest BCUT2D eigenvalue weighted by molar-refractivity contribution is 5.75. The molecule has 0 aliphatic carbocycles. The molecule has 2 aromatic heterocycles. The zero-order valence-electron chi connectivity index (χ0n) is 18.1. The van der Waals surface area contributed by atoms with E-state index in [4.69, 9.17) is 5.73 Å². The first kappa shape index (κ1) is 22.3. The maximum Gasteiger partial charge on any atom is 0.346 e. The monoisotopic (exact) mass is 452 g/mol. The van der Waals surface area contributed by atoms with Crippen molar-refractivity contribution < 1.29 is 9.18 Å². The molecule has 3 N–H and O–H groups in total. The molecule has 11 heteroatoms. The van der Waals surface area contributed by atoms with Gasteiger partial charge in [-0.3, -0.25) is 9.36 Å². The lowest BCUT2D eigenvalue weighted by Crippen LogP contribution is -2.34. The van der Waals surface area contributed by atoms with E-state index in [1.54, 1.807) is 4.57 Å². The number of fused-ring (bicyclic) bond motifs is 1. The van der Waals surface area contributed by atoms with Crippen molar-refractivity contribution in [2.24, 2.45) is 0 Å². The Balaban J connectivity index is 1.33. The molecule has 0 unspecified atom stereocenters. The van der Waals surface area contributed by atoms with Gasteiger partial charge in [0.05, 0.1) is 11.4 Å². The van der Waals surface area contributed by atoms with Crippen molar-refractivity contribution in [3.05, 3.63) is 57.6 Å². The highest BCUT2D eigenvalue weighted by atomic mass is 19.1. The molecule has 0 bridgehead atoms. The Morgan fingerprint density at radius 3 is 2.76 bits per heavy atom. The van der Waals surface area contributed by atoms with E-state index < -0.39 is 0 Å². The SMILES string of the molecule is N#Cc1c(CCCNC(=O)Cn2nc3n(c2=O)CCCCC3)nn(-c2ccc(F)cc2)c1N. The van der Waals surface area contributed by atoms with E-state index in [1.807, 2.05) is 0 Å².